The topological polar surface area (TPSA) is 83.5 Å². The molecule has 1 aromatic heterocycles. The number of para-hydroxylation sites is 2. The van der Waals surface area contributed by atoms with Crippen LogP contribution in [0.4, 0.5) is 0 Å². The molecule has 9 heteroatoms. The lowest BCUT2D eigenvalue weighted by molar-refractivity contribution is -0.122. The molecule has 0 spiro atoms. The van der Waals surface area contributed by atoms with Crippen LogP contribution < -0.4 is 16.2 Å². The predicted octanol–water partition coefficient (Wildman–Crippen LogP) is -0.136. The number of thiocarbonyl (C=S) groups is 1. The van der Waals surface area contributed by atoms with Crippen LogP contribution in [0, 0.1) is 0 Å². The molecule has 8 nitrogen and oxygen atoms in total. The Labute approximate surface area is 151 Å². The second kappa shape index (κ2) is 8.75. The fraction of sp³-hybridized carbons (Fsp3) is 0.438. The number of carbonyl (C=O) groups is 1. The maximum atomic E-state index is 12.0. The zero-order valence-corrected chi connectivity index (χ0v) is 14.7. The number of imidazole rings is 1. The van der Waals surface area contributed by atoms with Crippen LogP contribution in [0.15, 0.2) is 30.6 Å². The van der Waals surface area contributed by atoms with Gasteiger partial charge in [-0.1, -0.05) is 12.1 Å². The summed E-state index contributed by atoms with van der Waals surface area (Å²) in [5.74, 6) is -0.194. The first-order valence-corrected chi connectivity index (χ1v) is 8.66. The number of aromatic nitrogens is 2. The number of hydrogen-bond acceptors (Lipinski definition) is 5. The van der Waals surface area contributed by atoms with Crippen molar-refractivity contribution >= 4 is 34.3 Å². The van der Waals surface area contributed by atoms with Gasteiger partial charge >= 0.3 is 0 Å². The molecular weight excluding hydrogens is 340 g/mol. The van der Waals surface area contributed by atoms with Gasteiger partial charge in [-0.15, -0.1) is 0 Å². The zero-order valence-electron chi connectivity index (χ0n) is 13.9. The molecule has 0 saturated carbocycles. The molecule has 1 saturated heterocycles. The van der Waals surface area contributed by atoms with Gasteiger partial charge in [0.1, 0.15) is 6.54 Å². The van der Waals surface area contributed by atoms with E-state index in [0.717, 1.165) is 43.9 Å². The van der Waals surface area contributed by atoms with Crippen molar-refractivity contribution in [3.8, 4) is 0 Å². The van der Waals surface area contributed by atoms with Crippen molar-refractivity contribution in [3.05, 3.63) is 30.6 Å². The Bertz CT molecular complexity index is 728. The summed E-state index contributed by atoms with van der Waals surface area (Å²) in [5.41, 5.74) is 7.11. The highest BCUT2D eigenvalue weighted by atomic mass is 32.1. The standard InChI is InChI=1S/C16H22N6O2S/c23-15(11-22-12-18-13-3-1-2-4-14(13)22)19-20-16(25)17-5-6-21-7-9-24-10-8-21/h1-4,12H,5-11H2,(H,19,23)(H2,17,20,25). The molecule has 3 rings (SSSR count). The van der Waals surface area contributed by atoms with Crippen LogP contribution >= 0.6 is 12.2 Å². The summed E-state index contributed by atoms with van der Waals surface area (Å²) < 4.78 is 7.10. The van der Waals surface area contributed by atoms with Gasteiger partial charge in [0.25, 0.3) is 5.91 Å². The number of rotatable bonds is 5. The molecule has 0 aliphatic carbocycles. The van der Waals surface area contributed by atoms with Crippen molar-refractivity contribution in [2.24, 2.45) is 0 Å². The largest absolute Gasteiger partial charge is 0.379 e. The lowest BCUT2D eigenvalue weighted by Gasteiger charge is -2.26. The van der Waals surface area contributed by atoms with E-state index in [0.29, 0.717) is 11.7 Å². The molecule has 1 aromatic carbocycles. The quantitative estimate of drug-likeness (QED) is 0.505. The van der Waals surface area contributed by atoms with Crippen molar-refractivity contribution in [3.63, 3.8) is 0 Å². The van der Waals surface area contributed by atoms with Crippen molar-refractivity contribution in [2.75, 3.05) is 39.4 Å². The summed E-state index contributed by atoms with van der Waals surface area (Å²) in [6, 6.07) is 7.68. The van der Waals surface area contributed by atoms with Gasteiger partial charge < -0.3 is 14.6 Å². The number of carbonyl (C=O) groups excluding carboxylic acids is 1. The Kier molecular flexibility index (Phi) is 6.15. The molecule has 1 aliphatic heterocycles. The molecule has 1 aliphatic rings. The summed E-state index contributed by atoms with van der Waals surface area (Å²) in [7, 11) is 0. The van der Waals surface area contributed by atoms with Gasteiger partial charge in [-0.2, -0.15) is 0 Å². The smallest absolute Gasteiger partial charge is 0.258 e. The molecule has 0 atom stereocenters. The molecule has 0 unspecified atom stereocenters. The van der Waals surface area contributed by atoms with E-state index >= 15 is 0 Å². The first-order valence-electron chi connectivity index (χ1n) is 8.25. The van der Waals surface area contributed by atoms with Gasteiger partial charge in [0, 0.05) is 26.2 Å². The van der Waals surface area contributed by atoms with E-state index in [1.165, 1.54) is 0 Å². The van der Waals surface area contributed by atoms with Crippen molar-refractivity contribution < 1.29 is 9.53 Å². The third kappa shape index (κ3) is 5.12. The Balaban J connectivity index is 1.36. The van der Waals surface area contributed by atoms with Crippen LogP contribution in [-0.4, -0.2) is 64.9 Å². The highest BCUT2D eigenvalue weighted by molar-refractivity contribution is 7.80. The van der Waals surface area contributed by atoms with Gasteiger partial charge in [-0.25, -0.2) is 4.98 Å². The maximum Gasteiger partial charge on any atom is 0.258 e. The van der Waals surface area contributed by atoms with E-state index in [9.17, 15) is 4.79 Å². The van der Waals surface area contributed by atoms with Crippen LogP contribution in [0.25, 0.3) is 11.0 Å². The van der Waals surface area contributed by atoms with E-state index in [4.69, 9.17) is 17.0 Å². The molecule has 1 amide bonds. The highest BCUT2D eigenvalue weighted by Crippen LogP contribution is 2.11. The number of amides is 1. The molecule has 2 heterocycles. The fourth-order valence-electron chi connectivity index (χ4n) is 2.65. The average molecular weight is 362 g/mol. The van der Waals surface area contributed by atoms with E-state index in [1.54, 1.807) is 10.9 Å². The summed E-state index contributed by atoms with van der Waals surface area (Å²) in [6.07, 6.45) is 1.66. The number of ether oxygens (including phenoxy) is 1. The van der Waals surface area contributed by atoms with E-state index < -0.39 is 0 Å². The molecule has 0 radical (unpaired) electrons. The van der Waals surface area contributed by atoms with Gasteiger partial charge in [-0.3, -0.25) is 20.5 Å². The predicted molar refractivity (Wildman–Crippen MR) is 98.9 cm³/mol. The lowest BCUT2D eigenvalue weighted by atomic mass is 10.3. The minimum absolute atomic E-state index is 0.171. The second-order valence-electron chi connectivity index (χ2n) is 5.74. The third-order valence-electron chi connectivity index (χ3n) is 3.97. The van der Waals surface area contributed by atoms with Crippen LogP contribution in [0.3, 0.4) is 0 Å². The number of morpholine rings is 1. The first kappa shape index (κ1) is 17.6. The Morgan fingerprint density at radius 3 is 2.88 bits per heavy atom. The van der Waals surface area contributed by atoms with Crippen molar-refractivity contribution in [2.45, 2.75) is 6.54 Å². The van der Waals surface area contributed by atoms with E-state index in [1.807, 2.05) is 24.3 Å². The molecular formula is C16H22N6O2S. The molecule has 25 heavy (non-hydrogen) atoms. The highest BCUT2D eigenvalue weighted by Gasteiger charge is 2.10. The maximum absolute atomic E-state index is 12.0. The number of nitrogens with one attached hydrogen (secondary N) is 3. The Morgan fingerprint density at radius 1 is 1.24 bits per heavy atom. The van der Waals surface area contributed by atoms with Gasteiger partial charge in [0.05, 0.1) is 30.6 Å². The van der Waals surface area contributed by atoms with Gasteiger partial charge in [-0.05, 0) is 24.4 Å². The molecule has 2 aromatic rings. The number of hydrazine groups is 1. The number of hydrogen-bond donors (Lipinski definition) is 3. The summed E-state index contributed by atoms with van der Waals surface area (Å²) in [5, 5.41) is 3.48. The summed E-state index contributed by atoms with van der Waals surface area (Å²) in [6.45, 7) is 5.22. The van der Waals surface area contributed by atoms with Gasteiger partial charge in [0.15, 0.2) is 5.11 Å². The number of benzene rings is 1. The first-order chi connectivity index (χ1) is 12.2. The normalized spacial score (nSPS) is 15.0. The fourth-order valence-corrected chi connectivity index (χ4v) is 2.81. The van der Waals surface area contributed by atoms with Crippen molar-refractivity contribution in [1.29, 1.82) is 0 Å². The average Bonchev–Trinajstić information content (AvgIpc) is 3.04. The minimum atomic E-state index is -0.194. The van der Waals surface area contributed by atoms with Gasteiger partial charge in [0.2, 0.25) is 0 Å². The molecule has 1 fully saturated rings. The molecule has 0 bridgehead atoms. The zero-order chi connectivity index (χ0) is 17.5. The van der Waals surface area contributed by atoms with E-state index in [2.05, 4.69) is 26.1 Å². The lowest BCUT2D eigenvalue weighted by Crippen LogP contribution is -2.49. The molecule has 3 N–H and O–H groups in total. The summed E-state index contributed by atoms with van der Waals surface area (Å²) in [4.78, 5) is 18.6. The van der Waals surface area contributed by atoms with Crippen LogP contribution in [-0.2, 0) is 16.1 Å². The number of fused-ring (bicyclic) bond motifs is 1. The minimum Gasteiger partial charge on any atom is -0.379 e. The third-order valence-corrected chi connectivity index (χ3v) is 4.22. The van der Waals surface area contributed by atoms with Crippen molar-refractivity contribution in [1.82, 2.24) is 30.6 Å². The monoisotopic (exact) mass is 362 g/mol. The van der Waals surface area contributed by atoms with E-state index in [-0.39, 0.29) is 12.5 Å². The molecule has 134 valence electrons. The summed E-state index contributed by atoms with van der Waals surface area (Å²) >= 11 is 5.16. The number of nitrogens with zero attached hydrogens (tertiary/aromatic N) is 3. The van der Waals surface area contributed by atoms with Crippen LogP contribution in [0.1, 0.15) is 0 Å². The Morgan fingerprint density at radius 2 is 2.04 bits per heavy atom. The van der Waals surface area contributed by atoms with Crippen LogP contribution in [0.5, 0.6) is 0 Å². The SMILES string of the molecule is O=C(Cn1cnc2ccccc21)NNC(=S)NCCN1CCOCC1. The Hall–Kier alpha value is -2.23. The van der Waals surface area contributed by atoms with Crippen LogP contribution in [0.2, 0.25) is 0 Å². The second-order valence-corrected chi connectivity index (χ2v) is 6.15.